The fourth-order valence-corrected chi connectivity index (χ4v) is 6.16. The van der Waals surface area contributed by atoms with Crippen LogP contribution in [0.2, 0.25) is 0 Å². The van der Waals surface area contributed by atoms with E-state index in [4.69, 9.17) is 14.2 Å². The summed E-state index contributed by atoms with van der Waals surface area (Å²) in [6.45, 7) is 7.49. The van der Waals surface area contributed by atoms with E-state index < -0.39 is 6.10 Å². The molecule has 0 amide bonds. The second kappa shape index (κ2) is 48.2. The van der Waals surface area contributed by atoms with Crippen LogP contribution in [0.5, 0.6) is 0 Å². The normalized spacial score (nSPS) is 13.1. The van der Waals surface area contributed by atoms with E-state index >= 15 is 0 Å². The zero-order valence-corrected chi connectivity index (χ0v) is 37.8. The summed E-state index contributed by atoms with van der Waals surface area (Å²) in [5.41, 5.74) is 0. The van der Waals surface area contributed by atoms with Gasteiger partial charge >= 0.3 is 11.9 Å². The Morgan fingerprint density at radius 2 is 0.810 bits per heavy atom. The Morgan fingerprint density at radius 1 is 0.397 bits per heavy atom. The SMILES string of the molecule is CC/C=C\C/C=C\C/C=C\C/C=C\CCCCCCCCC(=O)OCC(COCCCCCCCCCCCC)OC(=O)CC/C=C\C/C=C\C/C=C\C/C=C\CC. The molecule has 0 aliphatic carbocycles. The Kier molecular flexibility index (Phi) is 45.5. The molecular formula is C53H88O5. The molecule has 5 heteroatoms. The highest BCUT2D eigenvalue weighted by Crippen LogP contribution is 2.12. The fraction of sp³-hybridized carbons (Fsp3) is 0.660. The van der Waals surface area contributed by atoms with Crippen molar-refractivity contribution in [1.29, 1.82) is 0 Å². The number of ether oxygens (including phenoxy) is 3. The second-order valence-electron chi connectivity index (χ2n) is 15.3. The Bertz CT molecular complexity index is 1140. The molecule has 0 aliphatic heterocycles. The van der Waals surface area contributed by atoms with Gasteiger partial charge in [-0.05, 0) is 83.5 Å². The molecule has 0 aromatic carbocycles. The number of carbonyl (C=O) groups is 2. The van der Waals surface area contributed by atoms with Gasteiger partial charge in [0.1, 0.15) is 6.61 Å². The van der Waals surface area contributed by atoms with Gasteiger partial charge in [0, 0.05) is 19.4 Å². The summed E-state index contributed by atoms with van der Waals surface area (Å²) < 4.78 is 17.2. The smallest absolute Gasteiger partial charge is 0.306 e. The fourth-order valence-electron chi connectivity index (χ4n) is 6.16. The molecule has 0 saturated carbocycles. The minimum absolute atomic E-state index is 0.0455. The minimum atomic E-state index is -0.581. The molecule has 0 heterocycles. The molecule has 0 rings (SSSR count). The van der Waals surface area contributed by atoms with Crippen molar-refractivity contribution >= 4 is 11.9 Å². The second-order valence-corrected chi connectivity index (χ2v) is 15.3. The summed E-state index contributed by atoms with van der Waals surface area (Å²) in [7, 11) is 0. The third-order valence-corrected chi connectivity index (χ3v) is 9.63. The minimum Gasteiger partial charge on any atom is -0.462 e. The van der Waals surface area contributed by atoms with Crippen molar-refractivity contribution in [2.24, 2.45) is 0 Å². The molecule has 0 saturated heterocycles. The summed E-state index contributed by atoms with van der Waals surface area (Å²) >= 11 is 0. The highest BCUT2D eigenvalue weighted by molar-refractivity contribution is 5.70. The average molecular weight is 805 g/mol. The molecule has 0 aromatic heterocycles. The summed E-state index contributed by atoms with van der Waals surface area (Å²) in [6.07, 6.45) is 64.2. The van der Waals surface area contributed by atoms with Crippen molar-refractivity contribution in [2.75, 3.05) is 19.8 Å². The van der Waals surface area contributed by atoms with Gasteiger partial charge in [0.05, 0.1) is 6.61 Å². The topological polar surface area (TPSA) is 61.8 Å². The lowest BCUT2D eigenvalue weighted by Gasteiger charge is -2.18. The molecule has 0 N–H and O–H groups in total. The van der Waals surface area contributed by atoms with Gasteiger partial charge in [-0.3, -0.25) is 9.59 Å². The Labute approximate surface area is 358 Å². The van der Waals surface area contributed by atoms with Crippen molar-refractivity contribution in [3.8, 4) is 0 Å². The maximum Gasteiger partial charge on any atom is 0.306 e. The Balaban J connectivity index is 4.33. The monoisotopic (exact) mass is 805 g/mol. The molecule has 0 radical (unpaired) electrons. The quantitative estimate of drug-likeness (QED) is 0.0349. The number of allylic oxidation sites excluding steroid dienone is 16. The van der Waals surface area contributed by atoms with Crippen LogP contribution in [-0.4, -0.2) is 37.9 Å². The van der Waals surface area contributed by atoms with Crippen molar-refractivity contribution in [1.82, 2.24) is 0 Å². The number of rotatable bonds is 42. The van der Waals surface area contributed by atoms with Crippen molar-refractivity contribution in [3.63, 3.8) is 0 Å². The van der Waals surface area contributed by atoms with E-state index in [9.17, 15) is 9.59 Å². The van der Waals surface area contributed by atoms with Gasteiger partial charge in [0.25, 0.3) is 0 Å². The van der Waals surface area contributed by atoms with Crippen LogP contribution < -0.4 is 0 Å². The van der Waals surface area contributed by atoms with Gasteiger partial charge in [-0.2, -0.15) is 0 Å². The first-order chi connectivity index (χ1) is 28.6. The Hall–Kier alpha value is -3.18. The van der Waals surface area contributed by atoms with Crippen molar-refractivity contribution < 1.29 is 23.8 Å². The zero-order valence-electron chi connectivity index (χ0n) is 37.8. The standard InChI is InChI=1S/C53H88O5/c1-4-7-10-13-16-19-22-24-25-26-27-28-29-31-32-34-37-40-43-46-52(54)57-50-51(49-56-48-45-42-39-36-21-18-15-12-9-6-3)58-53(55)47-44-41-38-35-33-30-23-20-17-14-11-8-5-2/h7-8,10-11,16-17,19-20,24-25,27-28,30,33,38,41,51H,4-6,9,12-15,18,21-23,26,29,31-32,34-37,39-40,42-50H2,1-3H3/b10-7-,11-8-,19-16-,20-17-,25-24-,28-27-,33-30-,41-38-. The van der Waals surface area contributed by atoms with E-state index in [-0.39, 0.29) is 25.2 Å². The lowest BCUT2D eigenvalue weighted by atomic mass is 10.1. The first-order valence-electron chi connectivity index (χ1n) is 23.8. The van der Waals surface area contributed by atoms with E-state index in [1.165, 1.54) is 70.6 Å². The van der Waals surface area contributed by atoms with Crippen LogP contribution in [0.15, 0.2) is 97.2 Å². The lowest BCUT2D eigenvalue weighted by molar-refractivity contribution is -0.162. The van der Waals surface area contributed by atoms with Crippen LogP contribution in [0.3, 0.4) is 0 Å². The number of hydrogen-bond donors (Lipinski definition) is 0. The summed E-state index contributed by atoms with van der Waals surface area (Å²) in [4.78, 5) is 25.2. The number of esters is 2. The maximum absolute atomic E-state index is 12.7. The predicted octanol–water partition coefficient (Wildman–Crippen LogP) is 15.9. The van der Waals surface area contributed by atoms with Gasteiger partial charge in [0.2, 0.25) is 0 Å². The van der Waals surface area contributed by atoms with Crippen molar-refractivity contribution in [3.05, 3.63) is 97.2 Å². The highest BCUT2D eigenvalue weighted by Gasteiger charge is 2.17. The lowest BCUT2D eigenvalue weighted by Crippen LogP contribution is -2.30. The van der Waals surface area contributed by atoms with E-state index in [2.05, 4.69) is 112 Å². The van der Waals surface area contributed by atoms with Crippen LogP contribution >= 0.6 is 0 Å². The van der Waals surface area contributed by atoms with E-state index in [0.29, 0.717) is 25.9 Å². The van der Waals surface area contributed by atoms with Crippen LogP contribution in [0.1, 0.15) is 201 Å². The largest absolute Gasteiger partial charge is 0.462 e. The van der Waals surface area contributed by atoms with Crippen molar-refractivity contribution in [2.45, 2.75) is 207 Å². The molecule has 0 spiro atoms. The van der Waals surface area contributed by atoms with Crippen LogP contribution in [-0.2, 0) is 23.8 Å². The highest BCUT2D eigenvalue weighted by atomic mass is 16.6. The van der Waals surface area contributed by atoms with Crippen LogP contribution in [0, 0.1) is 0 Å². The molecule has 58 heavy (non-hydrogen) atoms. The first-order valence-corrected chi connectivity index (χ1v) is 23.8. The summed E-state index contributed by atoms with van der Waals surface area (Å²) in [5, 5.41) is 0. The van der Waals surface area contributed by atoms with Gasteiger partial charge in [-0.15, -0.1) is 0 Å². The van der Waals surface area contributed by atoms with E-state index in [0.717, 1.165) is 89.9 Å². The molecule has 0 bridgehead atoms. The van der Waals surface area contributed by atoms with Gasteiger partial charge < -0.3 is 14.2 Å². The number of unbranched alkanes of at least 4 members (excludes halogenated alkanes) is 15. The van der Waals surface area contributed by atoms with Crippen LogP contribution in [0.4, 0.5) is 0 Å². The van der Waals surface area contributed by atoms with Crippen LogP contribution in [0.25, 0.3) is 0 Å². The Morgan fingerprint density at radius 3 is 1.31 bits per heavy atom. The predicted molar refractivity (Wildman–Crippen MR) is 251 cm³/mol. The molecule has 330 valence electrons. The van der Waals surface area contributed by atoms with Gasteiger partial charge in [0.15, 0.2) is 6.10 Å². The van der Waals surface area contributed by atoms with E-state index in [1.54, 1.807) is 0 Å². The third-order valence-electron chi connectivity index (χ3n) is 9.63. The summed E-state index contributed by atoms with van der Waals surface area (Å²) in [5.74, 6) is -0.511. The average Bonchev–Trinajstić information content (AvgIpc) is 3.22. The number of carbonyl (C=O) groups excluding carboxylic acids is 2. The summed E-state index contributed by atoms with van der Waals surface area (Å²) in [6, 6.07) is 0. The first kappa shape index (κ1) is 54.8. The van der Waals surface area contributed by atoms with Gasteiger partial charge in [-0.25, -0.2) is 0 Å². The molecule has 0 fully saturated rings. The molecular weight excluding hydrogens is 717 g/mol. The van der Waals surface area contributed by atoms with E-state index in [1.807, 2.05) is 6.08 Å². The zero-order chi connectivity index (χ0) is 42.1. The maximum atomic E-state index is 12.7. The molecule has 1 atom stereocenters. The molecule has 0 aromatic rings. The van der Waals surface area contributed by atoms with Gasteiger partial charge in [-0.1, -0.05) is 201 Å². The number of hydrogen-bond acceptors (Lipinski definition) is 5. The molecule has 0 aliphatic rings. The molecule has 5 nitrogen and oxygen atoms in total. The third kappa shape index (κ3) is 45.5. The molecule has 1 unspecified atom stereocenters.